The van der Waals surface area contributed by atoms with Gasteiger partial charge >= 0.3 is 11.9 Å². The SMILES string of the molecule is CCOC(=O)CN(C(=O)COC(=O)c1cnc(SC)n1-c1ccccc1)c1ccccc1. The summed E-state index contributed by atoms with van der Waals surface area (Å²) in [5.74, 6) is -1.80. The molecule has 9 heteroatoms. The molecule has 0 aliphatic carbocycles. The molecule has 0 fully saturated rings. The van der Waals surface area contributed by atoms with Crippen molar-refractivity contribution in [3.05, 3.63) is 72.6 Å². The van der Waals surface area contributed by atoms with Crippen LogP contribution in [0.1, 0.15) is 17.4 Å². The zero-order chi connectivity index (χ0) is 22.9. The second-order valence-corrected chi connectivity index (χ2v) is 7.27. The third kappa shape index (κ3) is 5.55. The van der Waals surface area contributed by atoms with E-state index in [1.165, 1.54) is 22.9 Å². The molecular weight excluding hydrogens is 430 g/mol. The topological polar surface area (TPSA) is 90.7 Å². The average Bonchev–Trinajstić information content (AvgIpc) is 3.26. The smallest absolute Gasteiger partial charge is 0.357 e. The van der Waals surface area contributed by atoms with E-state index < -0.39 is 24.5 Å². The van der Waals surface area contributed by atoms with Gasteiger partial charge in [0.2, 0.25) is 0 Å². The van der Waals surface area contributed by atoms with Crippen LogP contribution in [0.4, 0.5) is 5.69 Å². The van der Waals surface area contributed by atoms with E-state index in [4.69, 9.17) is 9.47 Å². The number of rotatable bonds is 9. The fourth-order valence-corrected chi connectivity index (χ4v) is 3.54. The van der Waals surface area contributed by atoms with E-state index in [1.807, 2.05) is 36.6 Å². The number of carbonyl (C=O) groups excluding carboxylic acids is 3. The first-order valence-electron chi connectivity index (χ1n) is 9.90. The van der Waals surface area contributed by atoms with Crippen LogP contribution in [0.3, 0.4) is 0 Å². The standard InChI is InChI=1S/C23H23N3O5S/c1-3-30-21(28)15-25(17-10-6-4-7-11-17)20(27)16-31-22(29)19-14-24-23(32-2)26(19)18-12-8-5-9-13-18/h4-14H,3,15-16H2,1-2H3. The molecule has 166 valence electrons. The van der Waals surface area contributed by atoms with E-state index in [1.54, 1.807) is 41.8 Å². The molecule has 1 aromatic heterocycles. The van der Waals surface area contributed by atoms with E-state index in [0.29, 0.717) is 10.8 Å². The van der Waals surface area contributed by atoms with Crippen LogP contribution < -0.4 is 4.90 Å². The fourth-order valence-electron chi connectivity index (χ4n) is 3.00. The molecule has 0 aliphatic heterocycles. The Hall–Kier alpha value is -3.59. The van der Waals surface area contributed by atoms with Crippen molar-refractivity contribution in [2.24, 2.45) is 0 Å². The molecule has 0 bridgehead atoms. The van der Waals surface area contributed by atoms with Crippen LogP contribution in [0.2, 0.25) is 0 Å². The minimum absolute atomic E-state index is 0.199. The number of benzene rings is 2. The van der Waals surface area contributed by atoms with Crippen molar-refractivity contribution in [1.82, 2.24) is 9.55 Å². The maximum Gasteiger partial charge on any atom is 0.357 e. The molecular formula is C23H23N3O5S. The number of thioether (sulfide) groups is 1. The molecule has 0 spiro atoms. The zero-order valence-corrected chi connectivity index (χ0v) is 18.6. The number of esters is 2. The molecule has 1 heterocycles. The number of nitrogens with zero attached hydrogens (tertiary/aromatic N) is 3. The summed E-state index contributed by atoms with van der Waals surface area (Å²) < 4.78 is 11.9. The first kappa shape index (κ1) is 23.1. The lowest BCUT2D eigenvalue weighted by molar-refractivity contribution is -0.142. The number of hydrogen-bond donors (Lipinski definition) is 0. The lowest BCUT2D eigenvalue weighted by Gasteiger charge is -2.21. The lowest BCUT2D eigenvalue weighted by Crippen LogP contribution is -2.39. The molecule has 8 nitrogen and oxygen atoms in total. The van der Waals surface area contributed by atoms with Gasteiger partial charge < -0.3 is 9.47 Å². The van der Waals surface area contributed by atoms with Crippen LogP contribution in [-0.4, -0.2) is 53.4 Å². The molecule has 3 aromatic rings. The predicted molar refractivity (Wildman–Crippen MR) is 121 cm³/mol. The van der Waals surface area contributed by atoms with Crippen molar-refractivity contribution in [3.8, 4) is 5.69 Å². The van der Waals surface area contributed by atoms with Crippen LogP contribution in [0.25, 0.3) is 5.69 Å². The number of ether oxygens (including phenoxy) is 2. The van der Waals surface area contributed by atoms with Crippen molar-refractivity contribution < 1.29 is 23.9 Å². The summed E-state index contributed by atoms with van der Waals surface area (Å²) in [6, 6.07) is 17.9. The van der Waals surface area contributed by atoms with Gasteiger partial charge in [0.15, 0.2) is 17.5 Å². The minimum atomic E-state index is -0.695. The highest BCUT2D eigenvalue weighted by atomic mass is 32.2. The molecule has 2 aromatic carbocycles. The van der Waals surface area contributed by atoms with Crippen LogP contribution in [-0.2, 0) is 19.1 Å². The van der Waals surface area contributed by atoms with Crippen LogP contribution in [0.15, 0.2) is 72.0 Å². The number of carbonyl (C=O) groups is 3. The number of aromatic nitrogens is 2. The monoisotopic (exact) mass is 453 g/mol. The zero-order valence-electron chi connectivity index (χ0n) is 17.8. The Kier molecular flexibility index (Phi) is 8.04. The second kappa shape index (κ2) is 11.1. The molecule has 0 unspecified atom stereocenters. The summed E-state index contributed by atoms with van der Waals surface area (Å²) in [4.78, 5) is 43.1. The van der Waals surface area contributed by atoms with E-state index >= 15 is 0 Å². The highest BCUT2D eigenvalue weighted by molar-refractivity contribution is 7.98. The molecule has 0 saturated carbocycles. The molecule has 1 amide bonds. The van der Waals surface area contributed by atoms with Crippen molar-refractivity contribution in [2.45, 2.75) is 12.1 Å². The Morgan fingerprint density at radius 1 is 1.00 bits per heavy atom. The highest BCUT2D eigenvalue weighted by Gasteiger charge is 2.24. The van der Waals surface area contributed by atoms with Gasteiger partial charge in [0.1, 0.15) is 6.54 Å². The quantitative estimate of drug-likeness (QED) is 0.362. The summed E-state index contributed by atoms with van der Waals surface area (Å²) in [6.45, 7) is 1.06. The summed E-state index contributed by atoms with van der Waals surface area (Å²) in [6.07, 6.45) is 3.27. The molecule has 0 N–H and O–H groups in total. The fraction of sp³-hybridized carbons (Fsp3) is 0.217. The lowest BCUT2D eigenvalue weighted by atomic mass is 10.3. The Balaban J connectivity index is 1.76. The number of imidazole rings is 1. The van der Waals surface area contributed by atoms with E-state index in [2.05, 4.69) is 4.98 Å². The Bertz CT molecular complexity index is 1070. The minimum Gasteiger partial charge on any atom is -0.465 e. The third-order valence-electron chi connectivity index (χ3n) is 4.42. The summed E-state index contributed by atoms with van der Waals surface area (Å²) >= 11 is 1.38. The summed E-state index contributed by atoms with van der Waals surface area (Å²) in [5, 5.41) is 0.614. The van der Waals surface area contributed by atoms with E-state index in [9.17, 15) is 14.4 Å². The molecule has 32 heavy (non-hydrogen) atoms. The van der Waals surface area contributed by atoms with Gasteiger partial charge in [0, 0.05) is 11.4 Å². The molecule has 0 saturated heterocycles. The Morgan fingerprint density at radius 2 is 1.66 bits per heavy atom. The van der Waals surface area contributed by atoms with Crippen LogP contribution in [0.5, 0.6) is 0 Å². The first-order chi connectivity index (χ1) is 15.5. The molecule has 0 aliphatic rings. The van der Waals surface area contributed by atoms with E-state index in [0.717, 1.165) is 5.69 Å². The average molecular weight is 454 g/mol. The Labute approximate surface area is 190 Å². The van der Waals surface area contributed by atoms with Gasteiger partial charge in [-0.3, -0.25) is 19.1 Å². The summed E-state index contributed by atoms with van der Waals surface area (Å²) in [7, 11) is 0. The molecule has 0 radical (unpaired) electrons. The van der Waals surface area contributed by atoms with Crippen LogP contribution in [0, 0.1) is 0 Å². The van der Waals surface area contributed by atoms with Gasteiger partial charge in [-0.2, -0.15) is 0 Å². The van der Waals surface area contributed by atoms with Gasteiger partial charge in [0.05, 0.1) is 12.8 Å². The van der Waals surface area contributed by atoms with Gasteiger partial charge in [0.25, 0.3) is 5.91 Å². The maximum absolute atomic E-state index is 12.8. The van der Waals surface area contributed by atoms with E-state index in [-0.39, 0.29) is 18.8 Å². The number of hydrogen-bond acceptors (Lipinski definition) is 7. The normalized spacial score (nSPS) is 10.4. The van der Waals surface area contributed by atoms with Gasteiger partial charge in [-0.15, -0.1) is 0 Å². The van der Waals surface area contributed by atoms with Gasteiger partial charge in [-0.1, -0.05) is 48.2 Å². The van der Waals surface area contributed by atoms with Gasteiger partial charge in [-0.05, 0) is 37.4 Å². The number of anilines is 1. The third-order valence-corrected chi connectivity index (χ3v) is 5.08. The summed E-state index contributed by atoms with van der Waals surface area (Å²) in [5.41, 5.74) is 1.45. The van der Waals surface area contributed by atoms with Crippen LogP contribution >= 0.6 is 11.8 Å². The van der Waals surface area contributed by atoms with Crippen molar-refractivity contribution in [3.63, 3.8) is 0 Å². The maximum atomic E-state index is 12.8. The highest BCUT2D eigenvalue weighted by Crippen LogP contribution is 2.22. The molecule has 3 rings (SSSR count). The first-order valence-corrected chi connectivity index (χ1v) is 11.1. The number of para-hydroxylation sites is 2. The van der Waals surface area contributed by atoms with Crippen molar-refractivity contribution in [2.75, 3.05) is 30.9 Å². The van der Waals surface area contributed by atoms with Crippen molar-refractivity contribution in [1.29, 1.82) is 0 Å². The van der Waals surface area contributed by atoms with Crippen molar-refractivity contribution >= 4 is 35.3 Å². The Morgan fingerprint density at radius 3 is 2.28 bits per heavy atom. The largest absolute Gasteiger partial charge is 0.465 e. The van der Waals surface area contributed by atoms with Gasteiger partial charge in [-0.25, -0.2) is 9.78 Å². The predicted octanol–water partition coefficient (Wildman–Crippen LogP) is 3.35. The molecule has 0 atom stereocenters. The number of amides is 1. The second-order valence-electron chi connectivity index (χ2n) is 6.50.